The highest BCUT2D eigenvalue weighted by Crippen LogP contribution is 2.14. The van der Waals surface area contributed by atoms with Gasteiger partial charge in [0.1, 0.15) is 25.7 Å². The van der Waals surface area contributed by atoms with E-state index in [0.717, 1.165) is 22.5 Å². The van der Waals surface area contributed by atoms with Crippen LogP contribution in [-0.4, -0.2) is 109 Å². The van der Waals surface area contributed by atoms with E-state index >= 15 is 0 Å². The molecule has 1 aliphatic rings. The van der Waals surface area contributed by atoms with E-state index in [2.05, 4.69) is 35.8 Å². The highest BCUT2D eigenvalue weighted by Gasteiger charge is 2.25. The molecule has 2 aromatic rings. The minimum Gasteiger partial charge on any atom is -0.454 e. The summed E-state index contributed by atoms with van der Waals surface area (Å²) in [5.74, 6) is -7.52. The lowest BCUT2D eigenvalue weighted by molar-refractivity contribution is -0.154. The summed E-state index contributed by atoms with van der Waals surface area (Å²) in [6.45, 7) is 1.19. The summed E-state index contributed by atoms with van der Waals surface area (Å²) >= 11 is 0. The van der Waals surface area contributed by atoms with Crippen LogP contribution in [-0.2, 0) is 70.3 Å². The van der Waals surface area contributed by atoms with Crippen LogP contribution < -0.4 is 21.3 Å². The fraction of sp³-hybridized carbons (Fsp3) is 0.433. The van der Waals surface area contributed by atoms with E-state index in [0.29, 0.717) is 12.1 Å². The fourth-order valence-electron chi connectivity index (χ4n) is 4.05. The van der Waals surface area contributed by atoms with Crippen LogP contribution in [0.25, 0.3) is 0 Å². The molecule has 258 valence electrons. The van der Waals surface area contributed by atoms with Crippen molar-refractivity contribution in [1.29, 1.82) is 0 Å². The third kappa shape index (κ3) is 12.2. The van der Waals surface area contributed by atoms with Crippen LogP contribution >= 0.6 is 0 Å². The van der Waals surface area contributed by atoms with Crippen molar-refractivity contribution >= 4 is 47.5 Å². The maximum Gasteiger partial charge on any atom is 0.329 e. The number of carbonyl (C=O) groups is 8. The van der Waals surface area contributed by atoms with Gasteiger partial charge < -0.3 is 40.2 Å². The van der Waals surface area contributed by atoms with Crippen molar-refractivity contribution < 1.29 is 57.3 Å². The van der Waals surface area contributed by atoms with Gasteiger partial charge >= 0.3 is 23.9 Å². The zero-order valence-corrected chi connectivity index (χ0v) is 26.5. The number of nitrogens with one attached hydrogen (secondary N) is 4. The highest BCUT2D eigenvalue weighted by molar-refractivity contribution is 5.90. The van der Waals surface area contributed by atoms with Gasteiger partial charge in [0, 0.05) is 12.1 Å². The predicted molar refractivity (Wildman–Crippen MR) is 160 cm³/mol. The number of aromatic nitrogens is 2. The number of hydrogen-bond donors (Lipinski definition) is 4. The predicted octanol–water partition coefficient (Wildman–Crippen LogP) is -2.58. The van der Waals surface area contributed by atoms with E-state index in [1.807, 2.05) is 37.6 Å². The number of nitrogens with zero attached hydrogens (tertiary/aromatic N) is 2. The van der Waals surface area contributed by atoms with Crippen molar-refractivity contribution in [3.05, 3.63) is 52.3 Å². The molecule has 1 aromatic heterocycles. The molecule has 1 fully saturated rings. The largest absolute Gasteiger partial charge is 0.454 e. The first-order valence-electron chi connectivity index (χ1n) is 14.6. The Morgan fingerprint density at radius 2 is 1.08 bits per heavy atom. The molecule has 2 heterocycles. The van der Waals surface area contributed by atoms with Gasteiger partial charge in [-0.25, -0.2) is 4.79 Å². The Morgan fingerprint density at radius 1 is 0.646 bits per heavy atom. The Kier molecular flexibility index (Phi) is 13.6. The quantitative estimate of drug-likeness (QED) is 0.193. The normalized spacial score (nSPS) is 18.5. The number of carbonyl (C=O) groups excluding carboxylic acids is 8. The number of amides is 4. The molecule has 1 saturated heterocycles. The van der Waals surface area contributed by atoms with Gasteiger partial charge in [-0.15, -0.1) is 0 Å². The average molecular weight is 673 g/mol. The second-order valence-electron chi connectivity index (χ2n) is 10.5. The molecule has 1 aromatic carbocycles. The summed E-state index contributed by atoms with van der Waals surface area (Å²) in [4.78, 5) is 97.0. The van der Waals surface area contributed by atoms with Crippen LogP contribution in [0.15, 0.2) is 24.3 Å². The Labute approximate surface area is 274 Å². The molecule has 18 heteroatoms. The Morgan fingerprint density at radius 3 is 1.54 bits per heavy atom. The monoisotopic (exact) mass is 672 g/mol. The number of benzene rings is 1. The smallest absolute Gasteiger partial charge is 0.329 e. The number of esters is 4. The van der Waals surface area contributed by atoms with E-state index in [9.17, 15) is 38.4 Å². The Bertz CT molecular complexity index is 1550. The van der Waals surface area contributed by atoms with Crippen molar-refractivity contribution in [2.45, 2.75) is 39.8 Å². The maximum absolute atomic E-state index is 13.0. The lowest BCUT2D eigenvalue weighted by Crippen LogP contribution is -2.46. The van der Waals surface area contributed by atoms with Crippen LogP contribution in [0.2, 0.25) is 0 Å². The summed E-state index contributed by atoms with van der Waals surface area (Å²) in [5.41, 5.74) is 4.61. The van der Waals surface area contributed by atoms with Gasteiger partial charge in [-0.3, -0.25) is 38.2 Å². The first-order valence-corrected chi connectivity index (χ1v) is 14.6. The van der Waals surface area contributed by atoms with Crippen molar-refractivity contribution in [1.82, 2.24) is 31.0 Å². The zero-order valence-electron chi connectivity index (χ0n) is 26.5. The molecule has 1 atom stereocenters. The van der Waals surface area contributed by atoms with Crippen molar-refractivity contribution in [3.63, 3.8) is 0 Å². The van der Waals surface area contributed by atoms with Crippen LogP contribution in [0.1, 0.15) is 28.1 Å². The molecule has 18 nitrogen and oxygen atoms in total. The van der Waals surface area contributed by atoms with Crippen LogP contribution in [0.4, 0.5) is 0 Å². The molecule has 1 unspecified atom stereocenters. The molecule has 0 aliphatic carbocycles. The van der Waals surface area contributed by atoms with Gasteiger partial charge in [-0.2, -0.15) is 5.10 Å². The summed E-state index contributed by atoms with van der Waals surface area (Å²) < 4.78 is 21.1. The first-order chi connectivity index (χ1) is 22.8. The van der Waals surface area contributed by atoms with Gasteiger partial charge in [-0.05, 0) is 37.5 Å². The number of ether oxygens (including phenoxy) is 4. The van der Waals surface area contributed by atoms with Crippen molar-refractivity contribution in [2.24, 2.45) is 0 Å². The van der Waals surface area contributed by atoms with Gasteiger partial charge in [0.15, 0.2) is 26.4 Å². The van der Waals surface area contributed by atoms with Gasteiger partial charge in [-0.1, -0.05) is 24.3 Å². The summed E-state index contributed by atoms with van der Waals surface area (Å²) in [5, 5.41) is 13.3. The molecular weight excluding hydrogens is 636 g/mol. The van der Waals surface area contributed by atoms with E-state index in [1.54, 1.807) is 12.1 Å². The molecule has 1 aliphatic heterocycles. The molecule has 4 N–H and O–H groups in total. The number of rotatable bonds is 4. The average Bonchev–Trinajstić information content (AvgIpc) is 3.30. The fourth-order valence-corrected chi connectivity index (χ4v) is 4.05. The van der Waals surface area contributed by atoms with Crippen LogP contribution in [0, 0.1) is 20.8 Å². The molecule has 4 amide bonds. The third-order valence-electron chi connectivity index (χ3n) is 6.89. The van der Waals surface area contributed by atoms with Crippen LogP contribution in [0.3, 0.4) is 0 Å². The number of aryl methyl sites for hydroxylation is 1. The first kappa shape index (κ1) is 36.7. The van der Waals surface area contributed by atoms with E-state index in [4.69, 9.17) is 9.47 Å². The van der Waals surface area contributed by atoms with E-state index in [1.165, 1.54) is 0 Å². The van der Waals surface area contributed by atoms with E-state index in [-0.39, 0.29) is 6.42 Å². The Hall–Kier alpha value is -5.81. The molecule has 48 heavy (non-hydrogen) atoms. The highest BCUT2D eigenvalue weighted by atomic mass is 16.6. The van der Waals surface area contributed by atoms with Crippen molar-refractivity contribution in [3.8, 4) is 0 Å². The molecule has 0 bridgehead atoms. The molecule has 0 radical (unpaired) electrons. The minimum atomic E-state index is -1.32. The van der Waals surface area contributed by atoms with E-state index < -0.39 is 99.6 Å². The van der Waals surface area contributed by atoms with Gasteiger partial charge in [0.25, 0.3) is 23.6 Å². The summed E-state index contributed by atoms with van der Waals surface area (Å²) in [6.07, 6.45) is -0.0669. The lowest BCUT2D eigenvalue weighted by atomic mass is 10.0. The SMILES string of the molecule is Cc1nn(Cc2ccc(CC3NC(=O)COC(=O)CNC(=O)COC(=O)CNC(=O)COC(=O)CNC(=O)COC3=O)cc2)c(C)c1C. The summed E-state index contributed by atoms with van der Waals surface area (Å²) in [7, 11) is 0. The maximum atomic E-state index is 13.0. The standard InChI is InChI=1S/C30H36N6O12/c1-17-18(2)35-36(19(17)3)12-21-6-4-20(5-7-21)8-22-30(44)48-15-25(39)33-10-28(42)46-13-23(37)31-9-27(41)45-14-24(38)32-11-29(43)47-16-26(40)34-22/h4-7,22H,8-16H2,1-3H3,(H,31,37)(H,32,38)(H,33,39)(H,34,40). The lowest BCUT2D eigenvalue weighted by Gasteiger charge is -2.18. The van der Waals surface area contributed by atoms with Crippen molar-refractivity contribution in [2.75, 3.05) is 46.1 Å². The second-order valence-corrected chi connectivity index (χ2v) is 10.5. The third-order valence-corrected chi connectivity index (χ3v) is 6.89. The van der Waals surface area contributed by atoms with Gasteiger partial charge in [0.2, 0.25) is 0 Å². The number of cyclic esters (lactones) is 4. The van der Waals surface area contributed by atoms with Gasteiger partial charge in [0.05, 0.1) is 12.2 Å². The molecule has 3 rings (SSSR count). The second kappa shape index (κ2) is 17.8. The summed E-state index contributed by atoms with van der Waals surface area (Å²) in [6, 6.07) is 5.84. The van der Waals surface area contributed by atoms with Crippen LogP contribution in [0.5, 0.6) is 0 Å². The topological polar surface area (TPSA) is 239 Å². The molecule has 0 saturated carbocycles. The Balaban J connectivity index is 1.67. The molecule has 0 spiro atoms. The molecular formula is C30H36N6O12. The minimum absolute atomic E-state index is 0.0669. The number of hydrogen-bond acceptors (Lipinski definition) is 13. The zero-order chi connectivity index (χ0) is 35.2.